The Bertz CT molecular complexity index is 1620. The number of carbonyl (C=O) groups excluding carboxylic acids is 2. The van der Waals surface area contributed by atoms with Gasteiger partial charge in [-0.2, -0.15) is 13.2 Å². The van der Waals surface area contributed by atoms with E-state index in [9.17, 15) is 31.9 Å². The van der Waals surface area contributed by atoms with Crippen LogP contribution in [0.4, 0.5) is 28.0 Å². The van der Waals surface area contributed by atoms with Crippen LogP contribution in [0.1, 0.15) is 16.7 Å². The molecular weight excluding hydrogens is 542 g/mol. The fourth-order valence-corrected chi connectivity index (χ4v) is 4.09. The van der Waals surface area contributed by atoms with Crippen molar-refractivity contribution in [3.8, 4) is 0 Å². The van der Waals surface area contributed by atoms with Crippen molar-refractivity contribution < 1.29 is 31.6 Å². The number of amides is 3. The van der Waals surface area contributed by atoms with E-state index in [-0.39, 0.29) is 36.3 Å². The lowest BCUT2D eigenvalue weighted by Crippen LogP contribution is -2.44. The minimum atomic E-state index is -4.60. The molecule has 4 aromatic rings. The summed E-state index contributed by atoms with van der Waals surface area (Å²) in [7, 11) is 0. The Kier molecular flexibility index (Phi) is 8.86. The second kappa shape index (κ2) is 12.5. The zero-order valence-electron chi connectivity index (χ0n) is 21.7. The van der Waals surface area contributed by atoms with Crippen molar-refractivity contribution in [1.29, 1.82) is 0 Å². The molecule has 4 rings (SSSR count). The number of fused-ring (bicyclic) bond motifs is 1. The first-order chi connectivity index (χ1) is 19.5. The van der Waals surface area contributed by atoms with E-state index in [0.717, 1.165) is 23.1 Å². The summed E-state index contributed by atoms with van der Waals surface area (Å²) in [5.41, 5.74) is -0.267. The third kappa shape index (κ3) is 7.38. The molecule has 41 heavy (non-hydrogen) atoms. The van der Waals surface area contributed by atoms with Gasteiger partial charge >= 0.3 is 12.2 Å². The van der Waals surface area contributed by atoms with Crippen LogP contribution in [0.2, 0.25) is 0 Å². The molecule has 0 saturated heterocycles. The van der Waals surface area contributed by atoms with Gasteiger partial charge in [0.15, 0.2) is 5.43 Å². The van der Waals surface area contributed by atoms with Crippen molar-refractivity contribution >= 4 is 28.6 Å². The van der Waals surface area contributed by atoms with Crippen LogP contribution in [0.25, 0.3) is 11.0 Å². The normalized spacial score (nSPS) is 11.2. The van der Waals surface area contributed by atoms with Crippen LogP contribution in [-0.4, -0.2) is 34.8 Å². The number of anilines is 1. The third-order valence-corrected chi connectivity index (χ3v) is 6.16. The number of halogens is 4. The summed E-state index contributed by atoms with van der Waals surface area (Å²) in [6, 6.07) is 15.3. The maximum absolute atomic E-state index is 13.5. The van der Waals surface area contributed by atoms with Crippen LogP contribution >= 0.6 is 0 Å². The van der Waals surface area contributed by atoms with Gasteiger partial charge in [0.05, 0.1) is 29.3 Å². The maximum atomic E-state index is 13.5. The van der Waals surface area contributed by atoms with E-state index in [1.165, 1.54) is 47.6 Å². The molecule has 11 heteroatoms. The molecule has 0 saturated carbocycles. The first-order valence-electron chi connectivity index (χ1n) is 12.4. The summed E-state index contributed by atoms with van der Waals surface area (Å²) in [6.07, 6.45) is -1.98. The van der Waals surface area contributed by atoms with Gasteiger partial charge < -0.3 is 19.5 Å². The molecule has 0 aliphatic heterocycles. The number of alkyl halides is 3. The van der Waals surface area contributed by atoms with Crippen LogP contribution in [0.15, 0.2) is 101 Å². The Morgan fingerprint density at radius 1 is 0.951 bits per heavy atom. The zero-order chi connectivity index (χ0) is 29.6. The van der Waals surface area contributed by atoms with E-state index in [1.807, 2.05) is 0 Å². The van der Waals surface area contributed by atoms with Crippen molar-refractivity contribution in [2.75, 3.05) is 18.4 Å². The Hall–Kier alpha value is -4.93. The molecule has 0 aliphatic rings. The Morgan fingerprint density at radius 2 is 1.68 bits per heavy atom. The van der Waals surface area contributed by atoms with E-state index >= 15 is 0 Å². The predicted octanol–water partition coefficient (Wildman–Crippen LogP) is 6.20. The number of hydrogen-bond acceptors (Lipinski definition) is 4. The summed E-state index contributed by atoms with van der Waals surface area (Å²) in [4.78, 5) is 42.0. The molecule has 0 bridgehead atoms. The van der Waals surface area contributed by atoms with Crippen molar-refractivity contribution in [2.45, 2.75) is 19.3 Å². The average molecular weight is 568 g/mol. The van der Waals surface area contributed by atoms with E-state index in [4.69, 9.17) is 4.42 Å². The molecule has 0 radical (unpaired) electrons. The fourth-order valence-electron chi connectivity index (χ4n) is 4.09. The van der Waals surface area contributed by atoms with Crippen LogP contribution in [0.3, 0.4) is 0 Å². The first kappa shape index (κ1) is 29.1. The summed E-state index contributed by atoms with van der Waals surface area (Å²) in [5, 5.41) is 2.71. The molecule has 1 N–H and O–H groups in total. The minimum Gasteiger partial charge on any atom is -0.464 e. The van der Waals surface area contributed by atoms with Gasteiger partial charge in [0.25, 0.3) is 0 Å². The summed E-state index contributed by atoms with van der Waals surface area (Å²) in [6.45, 7) is 2.80. The second-order valence-electron chi connectivity index (χ2n) is 9.14. The van der Waals surface area contributed by atoms with Crippen molar-refractivity contribution in [3.63, 3.8) is 0 Å². The Morgan fingerprint density at radius 3 is 2.39 bits per heavy atom. The molecule has 0 spiro atoms. The van der Waals surface area contributed by atoms with Gasteiger partial charge in [-0.25, -0.2) is 9.18 Å². The van der Waals surface area contributed by atoms with Crippen LogP contribution < -0.4 is 10.7 Å². The first-order valence-corrected chi connectivity index (χ1v) is 12.4. The molecule has 3 amide bonds. The third-order valence-electron chi connectivity index (χ3n) is 6.16. The smallest absolute Gasteiger partial charge is 0.416 e. The topological polar surface area (TPSA) is 82.9 Å². The number of urea groups is 1. The van der Waals surface area contributed by atoms with Crippen LogP contribution in [0.5, 0.6) is 0 Å². The molecule has 0 atom stereocenters. The highest BCUT2D eigenvalue weighted by Gasteiger charge is 2.31. The average Bonchev–Trinajstić information content (AvgIpc) is 2.94. The minimum absolute atomic E-state index is 0.0252. The highest BCUT2D eigenvalue weighted by molar-refractivity contribution is 5.92. The predicted molar refractivity (Wildman–Crippen MR) is 145 cm³/mol. The Balaban J connectivity index is 1.58. The number of rotatable bonds is 9. The number of carbonyl (C=O) groups is 2. The standard InChI is InChI=1S/C30H25F4N3O4/c1-2-14-36(29(40)35-24-7-5-6-22(15-24)30(32,33)34)18-27(38)37(16-20-10-12-23(31)13-11-20)17-21-19-41-26-9-4-3-8-25(26)28(21)39/h2-13,15,19H,1,14,16-18H2,(H,35,40). The highest BCUT2D eigenvalue weighted by Crippen LogP contribution is 2.30. The van der Waals surface area contributed by atoms with E-state index in [0.29, 0.717) is 16.5 Å². The van der Waals surface area contributed by atoms with Crippen molar-refractivity contribution in [3.05, 3.63) is 124 Å². The zero-order valence-corrected chi connectivity index (χ0v) is 21.7. The summed E-state index contributed by atoms with van der Waals surface area (Å²) < 4.78 is 58.4. The maximum Gasteiger partial charge on any atom is 0.416 e. The molecule has 0 aliphatic carbocycles. The molecule has 3 aromatic carbocycles. The van der Waals surface area contributed by atoms with Crippen molar-refractivity contribution in [1.82, 2.24) is 9.80 Å². The summed E-state index contributed by atoms with van der Waals surface area (Å²) in [5.74, 6) is -1.05. The van der Waals surface area contributed by atoms with E-state index < -0.39 is 36.0 Å². The SMILES string of the molecule is C=CCN(CC(=O)N(Cc1ccc(F)cc1)Cc1coc2ccccc2c1=O)C(=O)Nc1cccc(C(F)(F)F)c1. The molecule has 0 unspecified atom stereocenters. The van der Waals surface area contributed by atoms with Gasteiger partial charge in [-0.3, -0.25) is 9.59 Å². The molecule has 1 aromatic heterocycles. The number of benzene rings is 3. The van der Waals surface area contributed by atoms with Crippen LogP contribution in [-0.2, 0) is 24.1 Å². The van der Waals surface area contributed by atoms with Gasteiger partial charge in [0.1, 0.15) is 17.9 Å². The summed E-state index contributed by atoms with van der Waals surface area (Å²) >= 11 is 0. The quantitative estimate of drug-likeness (QED) is 0.193. The molecule has 1 heterocycles. The van der Waals surface area contributed by atoms with E-state index in [1.54, 1.807) is 24.3 Å². The van der Waals surface area contributed by atoms with Crippen LogP contribution in [0, 0.1) is 5.82 Å². The van der Waals surface area contributed by atoms with Gasteiger partial charge in [-0.15, -0.1) is 6.58 Å². The fraction of sp³-hybridized carbons (Fsp3) is 0.167. The largest absolute Gasteiger partial charge is 0.464 e. The molecule has 212 valence electrons. The lowest BCUT2D eigenvalue weighted by atomic mass is 10.1. The highest BCUT2D eigenvalue weighted by atomic mass is 19.4. The second-order valence-corrected chi connectivity index (χ2v) is 9.14. The number of para-hydroxylation sites is 1. The molecular formula is C30H25F4N3O4. The Labute approximate surface area is 232 Å². The van der Waals surface area contributed by atoms with Gasteiger partial charge in [0.2, 0.25) is 5.91 Å². The molecule has 0 fully saturated rings. The number of nitrogens with one attached hydrogen (secondary N) is 1. The van der Waals surface area contributed by atoms with E-state index in [2.05, 4.69) is 11.9 Å². The molecule has 7 nitrogen and oxygen atoms in total. The number of nitrogens with zero attached hydrogens (tertiary/aromatic N) is 2. The van der Waals surface area contributed by atoms with Gasteiger partial charge in [-0.05, 0) is 48.0 Å². The van der Waals surface area contributed by atoms with Gasteiger partial charge in [-0.1, -0.05) is 36.4 Å². The number of hydrogen-bond donors (Lipinski definition) is 1. The monoisotopic (exact) mass is 567 g/mol. The van der Waals surface area contributed by atoms with Gasteiger partial charge in [0, 0.05) is 18.8 Å². The lowest BCUT2D eigenvalue weighted by molar-refractivity contribution is -0.137. The van der Waals surface area contributed by atoms with Crippen molar-refractivity contribution in [2.24, 2.45) is 0 Å². The lowest BCUT2D eigenvalue weighted by Gasteiger charge is -2.27.